The van der Waals surface area contributed by atoms with Crippen LogP contribution in [0.5, 0.6) is 0 Å². The zero-order chi connectivity index (χ0) is 11.9. The molecular formula is C13H14ClNO. The first-order valence-corrected chi connectivity index (χ1v) is 5.57. The van der Waals surface area contributed by atoms with Crippen molar-refractivity contribution in [3.05, 3.63) is 41.4 Å². The van der Waals surface area contributed by atoms with Crippen LogP contribution in [0.15, 0.2) is 30.9 Å². The molecule has 0 radical (unpaired) electrons. The Balaban J connectivity index is 2.55. The first-order valence-electron chi connectivity index (χ1n) is 5.20. The maximum absolute atomic E-state index is 11.7. The van der Waals surface area contributed by atoms with Crippen molar-refractivity contribution >= 4 is 23.2 Å². The van der Waals surface area contributed by atoms with E-state index in [9.17, 15) is 4.79 Å². The van der Waals surface area contributed by atoms with Crippen molar-refractivity contribution in [3.8, 4) is 0 Å². The molecule has 0 saturated carbocycles. The topological polar surface area (TPSA) is 20.3 Å². The summed E-state index contributed by atoms with van der Waals surface area (Å²) in [6, 6.07) is 5.65. The Hall–Kier alpha value is -1.28. The third-order valence-electron chi connectivity index (χ3n) is 2.97. The minimum Gasteiger partial charge on any atom is -0.308 e. The number of halogens is 1. The van der Waals surface area contributed by atoms with E-state index in [4.69, 9.17) is 11.6 Å². The Morgan fingerprint density at radius 2 is 2.25 bits per heavy atom. The average molecular weight is 236 g/mol. The number of fused-ring (bicyclic) bond motifs is 1. The lowest BCUT2D eigenvalue weighted by molar-refractivity contribution is -0.114. The predicted molar refractivity (Wildman–Crippen MR) is 67.0 cm³/mol. The molecule has 0 bridgehead atoms. The van der Waals surface area contributed by atoms with Gasteiger partial charge in [-0.05, 0) is 29.8 Å². The van der Waals surface area contributed by atoms with Crippen molar-refractivity contribution in [2.75, 3.05) is 11.4 Å². The second kappa shape index (κ2) is 3.63. The van der Waals surface area contributed by atoms with E-state index in [1.165, 1.54) is 6.08 Å². The Kier molecular flexibility index (Phi) is 2.55. The average Bonchev–Trinajstić information content (AvgIpc) is 2.50. The highest BCUT2D eigenvalue weighted by atomic mass is 35.5. The second-order valence-corrected chi connectivity index (χ2v) is 5.11. The van der Waals surface area contributed by atoms with E-state index < -0.39 is 0 Å². The quantitative estimate of drug-likeness (QED) is 0.685. The molecule has 16 heavy (non-hydrogen) atoms. The van der Waals surface area contributed by atoms with Gasteiger partial charge in [0.15, 0.2) is 0 Å². The fourth-order valence-electron chi connectivity index (χ4n) is 2.16. The molecule has 0 saturated heterocycles. The molecular weight excluding hydrogens is 222 g/mol. The zero-order valence-corrected chi connectivity index (χ0v) is 10.2. The summed E-state index contributed by atoms with van der Waals surface area (Å²) in [5, 5.41) is 0.708. The smallest absolute Gasteiger partial charge is 0.250 e. The highest BCUT2D eigenvalue weighted by Crippen LogP contribution is 2.41. The lowest BCUT2D eigenvalue weighted by atomic mass is 9.87. The number of amides is 1. The van der Waals surface area contributed by atoms with Gasteiger partial charge in [-0.25, -0.2) is 0 Å². The molecule has 1 aliphatic rings. The van der Waals surface area contributed by atoms with Crippen molar-refractivity contribution in [1.82, 2.24) is 0 Å². The highest BCUT2D eigenvalue weighted by Gasteiger charge is 2.37. The highest BCUT2D eigenvalue weighted by molar-refractivity contribution is 6.30. The van der Waals surface area contributed by atoms with Crippen LogP contribution in [0.2, 0.25) is 5.02 Å². The van der Waals surface area contributed by atoms with Crippen molar-refractivity contribution in [1.29, 1.82) is 0 Å². The SMILES string of the molecule is C=CC(=O)N1CC(C)(C)c2cc(Cl)ccc21. The van der Waals surface area contributed by atoms with Crippen molar-refractivity contribution in [3.63, 3.8) is 0 Å². The van der Waals surface area contributed by atoms with Gasteiger partial charge in [-0.1, -0.05) is 32.0 Å². The molecule has 1 heterocycles. The van der Waals surface area contributed by atoms with Crippen molar-refractivity contribution in [2.24, 2.45) is 0 Å². The molecule has 84 valence electrons. The molecule has 0 fully saturated rings. The van der Waals surface area contributed by atoms with Crippen LogP contribution in [0, 0.1) is 0 Å². The Morgan fingerprint density at radius 3 is 2.88 bits per heavy atom. The Morgan fingerprint density at radius 1 is 1.56 bits per heavy atom. The summed E-state index contributed by atoms with van der Waals surface area (Å²) in [5.41, 5.74) is 2.01. The summed E-state index contributed by atoms with van der Waals surface area (Å²) in [4.78, 5) is 13.5. The lowest BCUT2D eigenvalue weighted by Gasteiger charge is -2.19. The second-order valence-electron chi connectivity index (χ2n) is 4.67. The summed E-state index contributed by atoms with van der Waals surface area (Å²) in [6.45, 7) is 8.42. The number of carbonyl (C=O) groups is 1. The van der Waals surface area contributed by atoms with Crippen LogP contribution < -0.4 is 4.90 Å². The molecule has 0 N–H and O–H groups in total. The van der Waals surface area contributed by atoms with E-state index in [1.807, 2.05) is 18.2 Å². The summed E-state index contributed by atoms with van der Waals surface area (Å²) in [6.07, 6.45) is 1.35. The van der Waals surface area contributed by atoms with Gasteiger partial charge >= 0.3 is 0 Å². The van der Waals surface area contributed by atoms with E-state index >= 15 is 0 Å². The first kappa shape index (κ1) is 11.2. The van der Waals surface area contributed by atoms with Crippen LogP contribution in [0.1, 0.15) is 19.4 Å². The number of hydrogen-bond donors (Lipinski definition) is 0. The maximum Gasteiger partial charge on any atom is 0.250 e. The van der Waals surface area contributed by atoms with Gasteiger partial charge in [-0.15, -0.1) is 0 Å². The molecule has 1 amide bonds. The minimum atomic E-state index is -0.0610. The van der Waals surface area contributed by atoms with E-state index in [-0.39, 0.29) is 11.3 Å². The largest absolute Gasteiger partial charge is 0.308 e. The number of rotatable bonds is 1. The van der Waals surface area contributed by atoms with Crippen LogP contribution in [-0.2, 0) is 10.2 Å². The molecule has 2 rings (SSSR count). The maximum atomic E-state index is 11.7. The molecule has 0 aliphatic carbocycles. The molecule has 1 aromatic carbocycles. The van der Waals surface area contributed by atoms with Crippen molar-refractivity contribution < 1.29 is 4.79 Å². The van der Waals surface area contributed by atoms with Gasteiger partial charge in [0.2, 0.25) is 5.91 Å². The fourth-order valence-corrected chi connectivity index (χ4v) is 2.33. The lowest BCUT2D eigenvalue weighted by Crippen LogP contribution is -2.32. The number of carbonyl (C=O) groups excluding carboxylic acids is 1. The summed E-state index contributed by atoms with van der Waals surface area (Å²) < 4.78 is 0. The number of anilines is 1. The van der Waals surface area contributed by atoms with E-state index in [0.717, 1.165) is 11.3 Å². The molecule has 1 aliphatic heterocycles. The van der Waals surface area contributed by atoms with Crippen LogP contribution in [-0.4, -0.2) is 12.5 Å². The molecule has 3 heteroatoms. The van der Waals surface area contributed by atoms with Crippen LogP contribution in [0.25, 0.3) is 0 Å². The fraction of sp³-hybridized carbons (Fsp3) is 0.308. The van der Waals surface area contributed by atoms with E-state index in [0.29, 0.717) is 11.6 Å². The van der Waals surface area contributed by atoms with Gasteiger partial charge in [-0.2, -0.15) is 0 Å². The third kappa shape index (κ3) is 1.63. The Bertz CT molecular complexity index is 465. The molecule has 0 atom stereocenters. The molecule has 0 unspecified atom stereocenters. The molecule has 0 aromatic heterocycles. The number of hydrogen-bond acceptors (Lipinski definition) is 1. The van der Waals surface area contributed by atoms with Gasteiger partial charge in [0, 0.05) is 22.7 Å². The normalized spacial score (nSPS) is 17.1. The monoisotopic (exact) mass is 235 g/mol. The third-order valence-corrected chi connectivity index (χ3v) is 3.21. The van der Waals surface area contributed by atoms with Gasteiger partial charge in [0.25, 0.3) is 0 Å². The zero-order valence-electron chi connectivity index (χ0n) is 9.46. The molecule has 0 spiro atoms. The van der Waals surface area contributed by atoms with Crippen molar-refractivity contribution in [2.45, 2.75) is 19.3 Å². The van der Waals surface area contributed by atoms with Crippen LogP contribution >= 0.6 is 11.6 Å². The van der Waals surface area contributed by atoms with Crippen LogP contribution in [0.4, 0.5) is 5.69 Å². The summed E-state index contributed by atoms with van der Waals surface area (Å²) in [5.74, 6) is -0.0610. The number of nitrogens with zero attached hydrogens (tertiary/aromatic N) is 1. The van der Waals surface area contributed by atoms with Crippen LogP contribution in [0.3, 0.4) is 0 Å². The summed E-state index contributed by atoms with van der Waals surface area (Å²) in [7, 11) is 0. The minimum absolute atomic E-state index is 0.0566. The van der Waals surface area contributed by atoms with Gasteiger partial charge in [0.05, 0.1) is 0 Å². The Labute approximate surface area is 101 Å². The number of benzene rings is 1. The molecule has 2 nitrogen and oxygen atoms in total. The van der Waals surface area contributed by atoms with E-state index in [2.05, 4.69) is 20.4 Å². The first-order chi connectivity index (χ1) is 7.45. The standard InChI is InChI=1S/C13H14ClNO/c1-4-12(16)15-8-13(2,3)10-7-9(14)5-6-11(10)15/h4-7H,1,8H2,2-3H3. The predicted octanol–water partition coefficient (Wildman–Crippen LogP) is 3.15. The molecule has 1 aromatic rings. The van der Waals surface area contributed by atoms with Gasteiger partial charge in [-0.3, -0.25) is 4.79 Å². The van der Waals surface area contributed by atoms with E-state index in [1.54, 1.807) is 4.90 Å². The van der Waals surface area contributed by atoms with Gasteiger partial charge in [0.1, 0.15) is 0 Å². The summed E-state index contributed by atoms with van der Waals surface area (Å²) >= 11 is 5.99. The van der Waals surface area contributed by atoms with Gasteiger partial charge < -0.3 is 4.90 Å².